The zero-order chi connectivity index (χ0) is 21.6. The van der Waals surface area contributed by atoms with Gasteiger partial charge in [0.2, 0.25) is 5.91 Å². The topological polar surface area (TPSA) is 53.1 Å². The van der Waals surface area contributed by atoms with Gasteiger partial charge in [0.05, 0.1) is 0 Å². The van der Waals surface area contributed by atoms with Crippen LogP contribution in [-0.4, -0.2) is 78.4 Å². The summed E-state index contributed by atoms with van der Waals surface area (Å²) in [6.45, 7) is 5.53. The van der Waals surface area contributed by atoms with Crippen LogP contribution in [0, 0.1) is 5.92 Å². The number of carbonyl (C=O) groups is 2. The molecule has 31 heavy (non-hydrogen) atoms. The summed E-state index contributed by atoms with van der Waals surface area (Å²) in [5, 5.41) is 0.653. The third kappa shape index (κ3) is 5.92. The maximum absolute atomic E-state index is 12.8. The van der Waals surface area contributed by atoms with Gasteiger partial charge >= 0.3 is 0 Å². The number of piperidine rings is 3. The molecule has 170 valence electrons. The minimum absolute atomic E-state index is 0.0410. The fraction of sp³-hybridized carbons (Fsp3) is 0.667. The van der Waals surface area contributed by atoms with Gasteiger partial charge in [-0.15, -0.1) is 0 Å². The van der Waals surface area contributed by atoms with Crippen molar-refractivity contribution in [1.29, 1.82) is 0 Å². The first kappa shape index (κ1) is 22.4. The van der Waals surface area contributed by atoms with Crippen molar-refractivity contribution in [2.24, 2.45) is 5.92 Å². The van der Waals surface area contributed by atoms with E-state index in [9.17, 15) is 9.59 Å². The Labute approximate surface area is 190 Å². The largest absolute Gasteiger partial charge is 0.484 e. The predicted octanol–water partition coefficient (Wildman–Crippen LogP) is 3.43. The molecule has 0 aromatic heterocycles. The maximum atomic E-state index is 12.8. The summed E-state index contributed by atoms with van der Waals surface area (Å²) in [5.74, 6) is 1.30. The van der Waals surface area contributed by atoms with Crippen molar-refractivity contribution in [2.75, 3.05) is 45.9 Å². The van der Waals surface area contributed by atoms with Gasteiger partial charge in [0, 0.05) is 43.2 Å². The van der Waals surface area contributed by atoms with Crippen LogP contribution < -0.4 is 4.74 Å². The van der Waals surface area contributed by atoms with E-state index in [4.69, 9.17) is 16.3 Å². The van der Waals surface area contributed by atoms with Crippen molar-refractivity contribution >= 4 is 23.4 Å². The molecule has 2 amide bonds. The zero-order valence-electron chi connectivity index (χ0n) is 18.3. The fourth-order valence-corrected chi connectivity index (χ4v) is 5.26. The monoisotopic (exact) mass is 447 g/mol. The van der Waals surface area contributed by atoms with E-state index < -0.39 is 0 Å². The molecule has 0 N–H and O–H groups in total. The van der Waals surface area contributed by atoms with E-state index >= 15 is 0 Å². The smallest absolute Gasteiger partial charge is 0.260 e. The molecule has 3 saturated heterocycles. The number of hydrogen-bond donors (Lipinski definition) is 0. The first-order chi connectivity index (χ1) is 15.1. The van der Waals surface area contributed by atoms with Crippen molar-refractivity contribution in [3.05, 3.63) is 29.3 Å². The average molecular weight is 448 g/mol. The Kier molecular flexibility index (Phi) is 7.72. The van der Waals surface area contributed by atoms with E-state index in [1.54, 1.807) is 24.3 Å². The molecule has 0 aliphatic carbocycles. The minimum Gasteiger partial charge on any atom is -0.484 e. The Morgan fingerprint density at radius 1 is 0.839 bits per heavy atom. The van der Waals surface area contributed by atoms with Crippen molar-refractivity contribution in [1.82, 2.24) is 14.7 Å². The van der Waals surface area contributed by atoms with Gasteiger partial charge in [0.25, 0.3) is 5.91 Å². The Morgan fingerprint density at radius 2 is 1.48 bits per heavy atom. The van der Waals surface area contributed by atoms with Crippen molar-refractivity contribution in [3.8, 4) is 5.75 Å². The summed E-state index contributed by atoms with van der Waals surface area (Å²) < 4.78 is 5.61. The Balaban J connectivity index is 1.16. The van der Waals surface area contributed by atoms with Crippen LogP contribution >= 0.6 is 11.6 Å². The highest BCUT2D eigenvalue weighted by Gasteiger charge is 2.33. The number of rotatable bonds is 5. The standard InChI is InChI=1S/C24H34ClN3O3/c25-20-4-6-22(7-5-20)31-18-23(29)27-16-10-21(11-17-27)26-14-8-19(9-15-26)24(30)28-12-2-1-3-13-28/h4-7,19,21H,1-3,8-18H2. The predicted molar refractivity (Wildman–Crippen MR) is 121 cm³/mol. The summed E-state index contributed by atoms with van der Waals surface area (Å²) in [4.78, 5) is 31.8. The number of likely N-dealkylation sites (tertiary alicyclic amines) is 3. The number of hydrogen-bond acceptors (Lipinski definition) is 4. The molecule has 0 radical (unpaired) electrons. The Bertz CT molecular complexity index is 735. The highest BCUT2D eigenvalue weighted by atomic mass is 35.5. The van der Waals surface area contributed by atoms with E-state index in [1.165, 1.54) is 6.42 Å². The molecule has 1 aromatic carbocycles. The van der Waals surface area contributed by atoms with E-state index in [1.807, 2.05) is 4.90 Å². The van der Waals surface area contributed by atoms with Crippen LogP contribution in [0.1, 0.15) is 44.9 Å². The van der Waals surface area contributed by atoms with Gasteiger partial charge in [0.1, 0.15) is 5.75 Å². The Morgan fingerprint density at radius 3 is 2.13 bits per heavy atom. The molecule has 6 nitrogen and oxygen atoms in total. The average Bonchev–Trinajstić information content (AvgIpc) is 2.84. The van der Waals surface area contributed by atoms with Crippen LogP contribution in [0.5, 0.6) is 5.75 Å². The fourth-order valence-electron chi connectivity index (χ4n) is 5.13. The number of carbonyl (C=O) groups excluding carboxylic acids is 2. The van der Waals surface area contributed by atoms with Crippen LogP contribution in [-0.2, 0) is 9.59 Å². The number of nitrogens with zero attached hydrogens (tertiary/aromatic N) is 3. The third-order valence-electron chi connectivity index (χ3n) is 7.06. The SMILES string of the molecule is O=C(COc1ccc(Cl)cc1)N1CCC(N2CCC(C(=O)N3CCCCC3)CC2)CC1. The first-order valence-electron chi connectivity index (χ1n) is 11.8. The molecule has 3 fully saturated rings. The molecule has 3 aliphatic rings. The molecular weight excluding hydrogens is 414 g/mol. The summed E-state index contributed by atoms with van der Waals surface area (Å²) in [6, 6.07) is 7.60. The van der Waals surface area contributed by atoms with Crippen LogP contribution in [0.15, 0.2) is 24.3 Å². The van der Waals surface area contributed by atoms with Gasteiger partial charge in [-0.05, 0) is 82.3 Å². The molecule has 0 saturated carbocycles. The molecule has 3 heterocycles. The summed E-state index contributed by atoms with van der Waals surface area (Å²) in [7, 11) is 0. The van der Waals surface area contributed by atoms with Crippen molar-refractivity contribution in [3.63, 3.8) is 0 Å². The van der Waals surface area contributed by atoms with Crippen molar-refractivity contribution in [2.45, 2.75) is 51.0 Å². The summed E-state index contributed by atoms with van der Waals surface area (Å²) in [6.07, 6.45) is 7.53. The van der Waals surface area contributed by atoms with E-state index in [0.717, 1.165) is 77.8 Å². The number of halogens is 1. The Hall–Kier alpha value is -1.79. The number of amides is 2. The zero-order valence-corrected chi connectivity index (χ0v) is 19.1. The summed E-state index contributed by atoms with van der Waals surface area (Å²) in [5.41, 5.74) is 0. The van der Waals surface area contributed by atoms with Crippen LogP contribution in [0.3, 0.4) is 0 Å². The lowest BCUT2D eigenvalue weighted by Gasteiger charge is -2.42. The number of benzene rings is 1. The first-order valence-corrected chi connectivity index (χ1v) is 12.2. The third-order valence-corrected chi connectivity index (χ3v) is 7.31. The molecule has 3 aliphatic heterocycles. The van der Waals surface area contributed by atoms with Gasteiger partial charge < -0.3 is 19.4 Å². The van der Waals surface area contributed by atoms with Crippen molar-refractivity contribution < 1.29 is 14.3 Å². The molecule has 4 rings (SSSR count). The van der Waals surface area contributed by atoms with Gasteiger partial charge in [-0.3, -0.25) is 9.59 Å². The molecule has 0 bridgehead atoms. The van der Waals surface area contributed by atoms with Crippen LogP contribution in [0.4, 0.5) is 0 Å². The van der Waals surface area contributed by atoms with Gasteiger partial charge in [-0.25, -0.2) is 0 Å². The van der Waals surface area contributed by atoms with Gasteiger partial charge in [0.15, 0.2) is 6.61 Å². The second-order valence-electron chi connectivity index (χ2n) is 9.05. The quantitative estimate of drug-likeness (QED) is 0.693. The lowest BCUT2D eigenvalue weighted by molar-refractivity contribution is -0.139. The highest BCUT2D eigenvalue weighted by Crippen LogP contribution is 2.26. The maximum Gasteiger partial charge on any atom is 0.260 e. The number of ether oxygens (including phenoxy) is 1. The van der Waals surface area contributed by atoms with Gasteiger partial charge in [-0.1, -0.05) is 11.6 Å². The van der Waals surface area contributed by atoms with Crippen LogP contribution in [0.2, 0.25) is 5.02 Å². The van der Waals surface area contributed by atoms with Gasteiger partial charge in [-0.2, -0.15) is 0 Å². The molecule has 7 heteroatoms. The second kappa shape index (κ2) is 10.7. The molecule has 0 unspecified atom stereocenters. The molecule has 0 spiro atoms. The van der Waals surface area contributed by atoms with E-state index in [2.05, 4.69) is 9.80 Å². The van der Waals surface area contributed by atoms with E-state index in [-0.39, 0.29) is 18.4 Å². The normalized spacial score (nSPS) is 21.8. The lowest BCUT2D eigenvalue weighted by atomic mass is 9.92. The second-order valence-corrected chi connectivity index (χ2v) is 9.49. The molecule has 0 atom stereocenters. The van der Waals surface area contributed by atoms with E-state index in [0.29, 0.717) is 22.7 Å². The lowest BCUT2D eigenvalue weighted by Crippen LogP contribution is -2.51. The highest BCUT2D eigenvalue weighted by molar-refractivity contribution is 6.30. The summed E-state index contributed by atoms with van der Waals surface area (Å²) >= 11 is 5.88. The minimum atomic E-state index is 0.0410. The van der Waals surface area contributed by atoms with Crippen LogP contribution in [0.25, 0.3) is 0 Å². The molecule has 1 aromatic rings. The molecular formula is C24H34ClN3O3.